The van der Waals surface area contributed by atoms with Crippen LogP contribution in [0.4, 0.5) is 4.39 Å². The first-order valence-electron chi connectivity index (χ1n) is 6.57. The Morgan fingerprint density at radius 1 is 1.23 bits per heavy atom. The molecule has 2 aromatic rings. The van der Waals surface area contributed by atoms with Gasteiger partial charge in [0.05, 0.1) is 11.5 Å². The van der Waals surface area contributed by atoms with Gasteiger partial charge < -0.3 is 4.74 Å². The third-order valence-corrected chi connectivity index (χ3v) is 3.72. The lowest BCUT2D eigenvalue weighted by Gasteiger charge is -2.09. The van der Waals surface area contributed by atoms with E-state index in [0.29, 0.717) is 17.9 Å². The van der Waals surface area contributed by atoms with Crippen LogP contribution in [0, 0.1) is 5.82 Å². The maximum atomic E-state index is 13.5. The maximum absolute atomic E-state index is 13.5. The molecule has 116 valence electrons. The van der Waals surface area contributed by atoms with E-state index in [0.717, 1.165) is 0 Å². The summed E-state index contributed by atoms with van der Waals surface area (Å²) in [5, 5.41) is 0. The summed E-state index contributed by atoms with van der Waals surface area (Å²) < 4.78 is 30.7. The van der Waals surface area contributed by atoms with Gasteiger partial charge in [-0.15, -0.1) is 4.83 Å². The van der Waals surface area contributed by atoms with Crippen LogP contribution in [0.3, 0.4) is 0 Å². The number of ether oxygens (including phenoxy) is 1. The predicted molar refractivity (Wildman–Crippen MR) is 81.0 cm³/mol. The first-order chi connectivity index (χ1) is 10.6. The van der Waals surface area contributed by atoms with Crippen molar-refractivity contribution in [2.75, 3.05) is 6.61 Å². The van der Waals surface area contributed by atoms with E-state index in [1.54, 1.807) is 30.3 Å². The summed E-state index contributed by atoms with van der Waals surface area (Å²) in [6.07, 6.45) is 0. The molecule has 0 spiro atoms. The first kappa shape index (κ1) is 16.1. The molecule has 0 heterocycles. The molecule has 2 N–H and O–H groups in total. The number of carbonyl (C=O) groups excluding carboxylic acids is 1. The summed E-state index contributed by atoms with van der Waals surface area (Å²) in [5.41, 5.74) is 2.62. The fourth-order valence-electron chi connectivity index (χ4n) is 1.71. The van der Waals surface area contributed by atoms with Gasteiger partial charge in [0.25, 0.3) is 5.91 Å². The molecule has 0 aliphatic heterocycles. The van der Waals surface area contributed by atoms with E-state index in [2.05, 4.69) is 10.3 Å². The molecule has 0 saturated heterocycles. The smallest absolute Gasteiger partial charge is 0.266 e. The molecule has 0 saturated carbocycles. The molecule has 1 atom stereocenters. The van der Waals surface area contributed by atoms with E-state index in [-0.39, 0.29) is 4.90 Å². The van der Waals surface area contributed by atoms with Crippen molar-refractivity contribution >= 4 is 16.9 Å². The lowest BCUT2D eigenvalue weighted by molar-refractivity contribution is 0.0945. The van der Waals surface area contributed by atoms with Crippen molar-refractivity contribution in [3.05, 3.63) is 59.9 Å². The molecule has 0 radical (unpaired) electrons. The predicted octanol–water partition coefficient (Wildman–Crippen LogP) is 2.18. The molecule has 1 amide bonds. The normalized spacial score (nSPS) is 11.7. The average molecular weight is 322 g/mol. The van der Waals surface area contributed by atoms with Gasteiger partial charge in [0.15, 0.2) is 0 Å². The van der Waals surface area contributed by atoms with Crippen LogP contribution in [-0.2, 0) is 11.0 Å². The van der Waals surface area contributed by atoms with E-state index in [1.165, 1.54) is 18.2 Å². The maximum Gasteiger partial charge on any atom is 0.266 e. The van der Waals surface area contributed by atoms with Gasteiger partial charge in [-0.1, -0.05) is 18.2 Å². The number of nitrogens with one attached hydrogen (secondary N) is 2. The lowest BCUT2D eigenvalue weighted by Crippen LogP contribution is -2.38. The second-order valence-corrected chi connectivity index (χ2v) is 5.40. The van der Waals surface area contributed by atoms with Gasteiger partial charge in [-0.25, -0.2) is 8.60 Å². The largest absolute Gasteiger partial charge is 0.494 e. The second kappa shape index (κ2) is 7.67. The fraction of sp³-hybridized carbons (Fsp3) is 0.133. The summed E-state index contributed by atoms with van der Waals surface area (Å²) in [6, 6.07) is 12.2. The van der Waals surface area contributed by atoms with Gasteiger partial charge in [0.1, 0.15) is 22.6 Å². The van der Waals surface area contributed by atoms with Crippen LogP contribution in [-0.4, -0.2) is 16.7 Å². The Bertz CT molecular complexity index is 694. The molecule has 0 bridgehead atoms. The summed E-state index contributed by atoms with van der Waals surface area (Å²) in [4.78, 5) is 14.2. The van der Waals surface area contributed by atoms with E-state index < -0.39 is 22.7 Å². The van der Waals surface area contributed by atoms with Crippen LogP contribution >= 0.6 is 0 Å². The minimum absolute atomic E-state index is 0.0362. The van der Waals surface area contributed by atoms with Crippen LogP contribution < -0.4 is 15.0 Å². The van der Waals surface area contributed by atoms with Gasteiger partial charge in [-0.3, -0.25) is 10.2 Å². The molecule has 2 aromatic carbocycles. The van der Waals surface area contributed by atoms with Crippen molar-refractivity contribution in [1.29, 1.82) is 0 Å². The van der Waals surface area contributed by atoms with Crippen molar-refractivity contribution in [3.8, 4) is 5.75 Å². The van der Waals surface area contributed by atoms with E-state index in [9.17, 15) is 13.4 Å². The molecule has 5 nitrogen and oxygen atoms in total. The van der Waals surface area contributed by atoms with Crippen LogP contribution in [0.25, 0.3) is 0 Å². The number of benzene rings is 2. The third kappa shape index (κ3) is 4.12. The highest BCUT2D eigenvalue weighted by atomic mass is 32.2. The number of carbonyl (C=O) groups is 1. The summed E-state index contributed by atoms with van der Waals surface area (Å²) in [5.74, 6) is -0.544. The Labute approximate surface area is 130 Å². The van der Waals surface area contributed by atoms with Gasteiger partial charge >= 0.3 is 0 Å². The zero-order valence-electron chi connectivity index (χ0n) is 11.8. The molecule has 0 aromatic heterocycles. The molecular weight excluding hydrogens is 307 g/mol. The molecule has 1 unspecified atom stereocenters. The van der Waals surface area contributed by atoms with Crippen molar-refractivity contribution in [3.63, 3.8) is 0 Å². The minimum Gasteiger partial charge on any atom is -0.494 e. The molecule has 0 aliphatic rings. The average Bonchev–Trinajstić information content (AvgIpc) is 2.53. The van der Waals surface area contributed by atoms with E-state index in [1.807, 2.05) is 6.92 Å². The standard InChI is InChI=1S/C15H15FN2O3S/c1-2-21-12-7-5-6-11(10-12)15(19)17-18-22(20)14-9-4-3-8-13(14)16/h3-10,18H,2H2,1H3,(H,17,19). The fourth-order valence-corrected chi connectivity index (χ4v) is 2.45. The van der Waals surface area contributed by atoms with Crippen LogP contribution in [0.5, 0.6) is 5.75 Å². The van der Waals surface area contributed by atoms with Crippen LogP contribution in [0.2, 0.25) is 0 Å². The second-order valence-electron chi connectivity index (χ2n) is 4.22. The Morgan fingerprint density at radius 3 is 2.73 bits per heavy atom. The van der Waals surface area contributed by atoms with E-state index >= 15 is 0 Å². The molecule has 2 rings (SSSR count). The van der Waals surface area contributed by atoms with Crippen LogP contribution in [0.1, 0.15) is 17.3 Å². The van der Waals surface area contributed by atoms with E-state index in [4.69, 9.17) is 4.74 Å². The number of amides is 1. The van der Waals surface area contributed by atoms with Gasteiger partial charge in [0.2, 0.25) is 0 Å². The number of rotatable bonds is 6. The number of hydrogen-bond donors (Lipinski definition) is 2. The Kier molecular flexibility index (Phi) is 5.62. The monoisotopic (exact) mass is 322 g/mol. The zero-order chi connectivity index (χ0) is 15.9. The SMILES string of the molecule is CCOc1cccc(C(=O)NNS(=O)c2ccccc2F)c1. The summed E-state index contributed by atoms with van der Waals surface area (Å²) in [7, 11) is -1.89. The number of hydrogen-bond acceptors (Lipinski definition) is 3. The molecule has 7 heteroatoms. The zero-order valence-corrected chi connectivity index (χ0v) is 12.7. The number of halogens is 1. The summed E-state index contributed by atoms with van der Waals surface area (Å²) >= 11 is 0. The third-order valence-electron chi connectivity index (χ3n) is 2.70. The summed E-state index contributed by atoms with van der Waals surface area (Å²) in [6.45, 7) is 2.33. The number of hydrazine groups is 1. The Morgan fingerprint density at radius 2 is 2.00 bits per heavy atom. The van der Waals surface area contributed by atoms with Crippen molar-refractivity contribution in [2.24, 2.45) is 0 Å². The highest BCUT2D eigenvalue weighted by Gasteiger charge is 2.11. The van der Waals surface area contributed by atoms with Gasteiger partial charge in [0, 0.05) is 5.56 Å². The van der Waals surface area contributed by atoms with Gasteiger partial charge in [-0.2, -0.15) is 0 Å². The highest BCUT2D eigenvalue weighted by molar-refractivity contribution is 7.83. The van der Waals surface area contributed by atoms with Crippen molar-refractivity contribution < 1.29 is 18.1 Å². The molecule has 0 aliphatic carbocycles. The van der Waals surface area contributed by atoms with Crippen molar-refractivity contribution in [2.45, 2.75) is 11.8 Å². The molecule has 0 fully saturated rings. The Hall–Kier alpha value is -2.25. The van der Waals surface area contributed by atoms with Crippen LogP contribution in [0.15, 0.2) is 53.4 Å². The Balaban J connectivity index is 1.99. The molecule has 22 heavy (non-hydrogen) atoms. The highest BCUT2D eigenvalue weighted by Crippen LogP contribution is 2.13. The first-order valence-corrected chi connectivity index (χ1v) is 7.72. The lowest BCUT2D eigenvalue weighted by atomic mass is 10.2. The quantitative estimate of drug-likeness (QED) is 0.801. The topological polar surface area (TPSA) is 67.4 Å². The molecular formula is C15H15FN2O3S. The van der Waals surface area contributed by atoms with Crippen molar-refractivity contribution in [1.82, 2.24) is 10.3 Å². The van der Waals surface area contributed by atoms with Gasteiger partial charge in [-0.05, 0) is 37.3 Å². The minimum atomic E-state index is -1.89.